The first-order valence-electron chi connectivity index (χ1n) is 6.82. The van der Waals surface area contributed by atoms with Crippen molar-refractivity contribution in [3.8, 4) is 0 Å². The second-order valence-corrected chi connectivity index (χ2v) is 5.86. The van der Waals surface area contributed by atoms with Gasteiger partial charge in [0.25, 0.3) is 0 Å². The minimum absolute atomic E-state index is 0.214. The summed E-state index contributed by atoms with van der Waals surface area (Å²) in [6, 6.07) is 0. The van der Waals surface area contributed by atoms with Gasteiger partial charge in [-0.05, 0) is 24.8 Å². The van der Waals surface area contributed by atoms with E-state index in [-0.39, 0.29) is 5.41 Å². The number of nitrogens with one attached hydrogen (secondary N) is 1. The molecule has 0 aliphatic carbocycles. The standard InChI is InChI=1S/C13H19N7/c1-13(2,5-6-14)4-3-9-18-19-12-10-11(16-7-15-10)17-8-20(9)12/h7-8H,3-6,14H2,1-2H3,(H,15,16). The van der Waals surface area contributed by atoms with Crippen molar-refractivity contribution >= 4 is 16.8 Å². The molecule has 0 aliphatic heterocycles. The van der Waals surface area contributed by atoms with Gasteiger partial charge in [0.05, 0.1) is 6.33 Å². The lowest BCUT2D eigenvalue weighted by Crippen LogP contribution is -2.18. The summed E-state index contributed by atoms with van der Waals surface area (Å²) in [5.74, 6) is 0.925. The van der Waals surface area contributed by atoms with Crippen LogP contribution in [0.3, 0.4) is 0 Å². The highest BCUT2D eigenvalue weighted by Gasteiger charge is 2.19. The van der Waals surface area contributed by atoms with Gasteiger partial charge in [-0.3, -0.25) is 4.40 Å². The second kappa shape index (κ2) is 4.82. The third-order valence-corrected chi connectivity index (χ3v) is 3.75. The van der Waals surface area contributed by atoms with Crippen LogP contribution in [0.2, 0.25) is 0 Å². The summed E-state index contributed by atoms with van der Waals surface area (Å²) in [5.41, 5.74) is 8.13. The van der Waals surface area contributed by atoms with Crippen molar-refractivity contribution < 1.29 is 0 Å². The highest BCUT2D eigenvalue weighted by atomic mass is 15.3. The summed E-state index contributed by atoms with van der Waals surface area (Å²) in [4.78, 5) is 11.5. The summed E-state index contributed by atoms with van der Waals surface area (Å²) in [7, 11) is 0. The predicted octanol–water partition coefficient (Wildman–Crippen LogP) is 1.31. The molecule has 0 unspecified atom stereocenters. The van der Waals surface area contributed by atoms with E-state index in [4.69, 9.17) is 5.73 Å². The number of nitrogens with two attached hydrogens (primary N) is 1. The first kappa shape index (κ1) is 13.0. The molecule has 20 heavy (non-hydrogen) atoms. The van der Waals surface area contributed by atoms with Gasteiger partial charge in [0.2, 0.25) is 0 Å². The number of H-pyrrole nitrogens is 1. The summed E-state index contributed by atoms with van der Waals surface area (Å²) in [6.07, 6.45) is 6.24. The molecule has 3 heterocycles. The third-order valence-electron chi connectivity index (χ3n) is 3.75. The molecular weight excluding hydrogens is 254 g/mol. The van der Waals surface area contributed by atoms with Crippen molar-refractivity contribution in [3.63, 3.8) is 0 Å². The Morgan fingerprint density at radius 3 is 2.90 bits per heavy atom. The van der Waals surface area contributed by atoms with Gasteiger partial charge >= 0.3 is 0 Å². The number of rotatable bonds is 5. The molecule has 3 rings (SSSR count). The Morgan fingerprint density at radius 1 is 1.25 bits per heavy atom. The highest BCUT2D eigenvalue weighted by molar-refractivity contribution is 5.84. The number of fused-ring (bicyclic) bond motifs is 3. The van der Waals surface area contributed by atoms with Crippen LogP contribution in [0.1, 0.15) is 32.5 Å². The fraction of sp³-hybridized carbons (Fsp3) is 0.538. The van der Waals surface area contributed by atoms with E-state index in [1.165, 1.54) is 0 Å². The minimum atomic E-state index is 0.214. The van der Waals surface area contributed by atoms with E-state index in [1.807, 2.05) is 4.40 Å². The summed E-state index contributed by atoms with van der Waals surface area (Å²) >= 11 is 0. The quantitative estimate of drug-likeness (QED) is 0.730. The smallest absolute Gasteiger partial charge is 0.189 e. The van der Waals surface area contributed by atoms with E-state index >= 15 is 0 Å². The Bertz CT molecular complexity index is 725. The monoisotopic (exact) mass is 273 g/mol. The third kappa shape index (κ3) is 2.24. The van der Waals surface area contributed by atoms with Crippen LogP contribution in [0.4, 0.5) is 0 Å². The average Bonchev–Trinajstić information content (AvgIpc) is 3.02. The van der Waals surface area contributed by atoms with Crippen LogP contribution in [0, 0.1) is 5.41 Å². The highest BCUT2D eigenvalue weighted by Crippen LogP contribution is 2.26. The molecule has 0 radical (unpaired) electrons. The van der Waals surface area contributed by atoms with Crippen LogP contribution in [0.15, 0.2) is 12.7 Å². The van der Waals surface area contributed by atoms with E-state index in [0.29, 0.717) is 12.2 Å². The molecule has 0 amide bonds. The molecule has 0 saturated carbocycles. The van der Waals surface area contributed by atoms with Crippen molar-refractivity contribution in [2.24, 2.45) is 11.1 Å². The van der Waals surface area contributed by atoms with E-state index in [9.17, 15) is 0 Å². The summed E-state index contributed by atoms with van der Waals surface area (Å²) in [5, 5.41) is 8.52. The van der Waals surface area contributed by atoms with Gasteiger partial charge in [-0.1, -0.05) is 13.8 Å². The molecular formula is C13H19N7. The van der Waals surface area contributed by atoms with Gasteiger partial charge in [0.1, 0.15) is 17.7 Å². The van der Waals surface area contributed by atoms with Crippen LogP contribution in [0.25, 0.3) is 16.8 Å². The van der Waals surface area contributed by atoms with Gasteiger partial charge in [0, 0.05) is 6.42 Å². The first-order chi connectivity index (χ1) is 9.61. The molecule has 106 valence electrons. The zero-order valence-electron chi connectivity index (χ0n) is 11.8. The largest absolute Gasteiger partial charge is 0.340 e. The number of hydrogen-bond donors (Lipinski definition) is 2. The van der Waals surface area contributed by atoms with Gasteiger partial charge in [0.15, 0.2) is 11.3 Å². The van der Waals surface area contributed by atoms with Crippen LogP contribution in [-0.2, 0) is 6.42 Å². The maximum absolute atomic E-state index is 5.65. The minimum Gasteiger partial charge on any atom is -0.340 e. The van der Waals surface area contributed by atoms with Crippen molar-refractivity contribution in [1.29, 1.82) is 0 Å². The molecule has 0 fully saturated rings. The lowest BCUT2D eigenvalue weighted by molar-refractivity contribution is 0.310. The molecule has 0 spiro atoms. The fourth-order valence-electron chi connectivity index (χ4n) is 2.41. The SMILES string of the molecule is CC(C)(CCN)CCc1nnc2c3[nH]cnc3ncn12. The van der Waals surface area contributed by atoms with Crippen molar-refractivity contribution in [3.05, 3.63) is 18.5 Å². The lowest BCUT2D eigenvalue weighted by atomic mass is 9.84. The average molecular weight is 273 g/mol. The maximum atomic E-state index is 5.65. The molecule has 3 N–H and O–H groups in total. The van der Waals surface area contributed by atoms with Gasteiger partial charge in [-0.15, -0.1) is 10.2 Å². The fourth-order valence-corrected chi connectivity index (χ4v) is 2.41. The van der Waals surface area contributed by atoms with Crippen LogP contribution in [-0.4, -0.2) is 36.1 Å². The van der Waals surface area contributed by atoms with E-state index in [2.05, 4.69) is 39.0 Å². The number of aryl methyl sites for hydroxylation is 1. The van der Waals surface area contributed by atoms with Crippen LogP contribution < -0.4 is 5.73 Å². The number of aromatic amines is 1. The number of nitrogens with zero attached hydrogens (tertiary/aromatic N) is 5. The van der Waals surface area contributed by atoms with Gasteiger partial charge in [-0.2, -0.15) is 0 Å². The van der Waals surface area contributed by atoms with Crippen molar-refractivity contribution in [2.75, 3.05) is 6.54 Å². The Hall–Kier alpha value is -2.02. The van der Waals surface area contributed by atoms with Gasteiger partial charge < -0.3 is 10.7 Å². The van der Waals surface area contributed by atoms with E-state index in [1.54, 1.807) is 12.7 Å². The summed E-state index contributed by atoms with van der Waals surface area (Å²) in [6.45, 7) is 5.17. The van der Waals surface area contributed by atoms with Crippen molar-refractivity contribution in [2.45, 2.75) is 33.1 Å². The van der Waals surface area contributed by atoms with E-state index < -0.39 is 0 Å². The normalized spacial score (nSPS) is 12.6. The Labute approximate surface area is 116 Å². The molecule has 3 aromatic heterocycles. The van der Waals surface area contributed by atoms with E-state index in [0.717, 1.165) is 36.3 Å². The Kier molecular flexibility index (Phi) is 3.13. The molecule has 0 bridgehead atoms. The topological polar surface area (TPSA) is 97.8 Å². The molecule has 0 saturated heterocycles. The summed E-state index contributed by atoms with van der Waals surface area (Å²) < 4.78 is 1.93. The molecule has 7 nitrogen and oxygen atoms in total. The molecule has 7 heteroatoms. The molecule has 0 aliphatic rings. The second-order valence-electron chi connectivity index (χ2n) is 5.86. The number of imidazole rings is 1. The Morgan fingerprint density at radius 2 is 2.10 bits per heavy atom. The van der Waals surface area contributed by atoms with Crippen LogP contribution >= 0.6 is 0 Å². The molecule has 3 aromatic rings. The zero-order valence-corrected chi connectivity index (χ0v) is 11.8. The first-order valence-corrected chi connectivity index (χ1v) is 6.82. The van der Waals surface area contributed by atoms with Gasteiger partial charge in [-0.25, -0.2) is 9.97 Å². The maximum Gasteiger partial charge on any atom is 0.189 e. The van der Waals surface area contributed by atoms with Crippen LogP contribution in [0.5, 0.6) is 0 Å². The zero-order chi connectivity index (χ0) is 14.2. The molecule has 0 atom stereocenters. The predicted molar refractivity (Wildman–Crippen MR) is 76.2 cm³/mol. The number of hydrogen-bond acceptors (Lipinski definition) is 5. The lowest BCUT2D eigenvalue weighted by Gasteiger charge is -2.23. The Balaban J connectivity index is 1.89. The number of aromatic nitrogens is 6. The van der Waals surface area contributed by atoms with Crippen molar-refractivity contribution in [1.82, 2.24) is 29.5 Å². The molecule has 0 aromatic carbocycles.